The van der Waals surface area contributed by atoms with Crippen molar-refractivity contribution in [2.75, 3.05) is 13.1 Å². The number of hydrogen-bond acceptors (Lipinski definition) is 2. The minimum absolute atomic E-state index is 0.172. The van der Waals surface area contributed by atoms with Gasteiger partial charge >= 0.3 is 0 Å². The number of nitrogens with zero attached hydrogens (tertiary/aromatic N) is 1. The van der Waals surface area contributed by atoms with Crippen LogP contribution in [0.2, 0.25) is 0 Å². The van der Waals surface area contributed by atoms with E-state index >= 15 is 0 Å². The molecule has 1 saturated heterocycles. The van der Waals surface area contributed by atoms with Crippen LogP contribution >= 0.6 is 0 Å². The van der Waals surface area contributed by atoms with E-state index in [4.69, 9.17) is 0 Å². The van der Waals surface area contributed by atoms with Crippen LogP contribution < -0.4 is 0 Å². The van der Waals surface area contributed by atoms with E-state index < -0.39 is 17.3 Å². The average Bonchev–Trinajstić information content (AvgIpc) is 2.01. The lowest BCUT2D eigenvalue weighted by atomic mass is 10.1. The van der Waals surface area contributed by atoms with Crippen molar-refractivity contribution >= 4 is 11.4 Å². The van der Waals surface area contributed by atoms with E-state index in [-0.39, 0.29) is 30.7 Å². The van der Waals surface area contributed by atoms with Crippen molar-refractivity contribution in [1.82, 2.24) is 4.31 Å². The Morgan fingerprint density at radius 2 is 1.64 bits per heavy atom. The molecule has 84 valence electrons. The maximum Gasteiger partial charge on any atom is 0.250 e. The van der Waals surface area contributed by atoms with Crippen molar-refractivity contribution in [2.24, 2.45) is 0 Å². The lowest BCUT2D eigenvalue weighted by molar-refractivity contribution is -0.0414. The Morgan fingerprint density at radius 1 is 1.21 bits per heavy atom. The van der Waals surface area contributed by atoms with E-state index in [0.717, 1.165) is 0 Å². The summed E-state index contributed by atoms with van der Waals surface area (Å²) < 4.78 is 38.7. The molecular formula is C9H17F2NOS. The molecule has 0 aromatic rings. The Labute approximate surface area is 87.0 Å². The number of hydrogen-bond donors (Lipinski definition) is 0. The summed E-state index contributed by atoms with van der Waals surface area (Å²) in [5.41, 5.74) is 0. The molecule has 1 fully saturated rings. The van der Waals surface area contributed by atoms with Crippen LogP contribution in [0.3, 0.4) is 0 Å². The lowest BCUT2D eigenvalue weighted by Gasteiger charge is -2.36. The van der Waals surface area contributed by atoms with E-state index in [1.165, 1.54) is 0 Å². The molecule has 0 aromatic carbocycles. The second-order valence-electron chi connectivity index (χ2n) is 4.65. The van der Waals surface area contributed by atoms with Gasteiger partial charge in [-0.2, -0.15) is 0 Å². The highest BCUT2D eigenvalue weighted by Crippen LogP contribution is 2.31. The Balaban J connectivity index is 2.50. The van der Waals surface area contributed by atoms with Crippen LogP contribution in [-0.2, 0) is 11.4 Å². The van der Waals surface area contributed by atoms with Gasteiger partial charge < -0.3 is 4.55 Å². The molecule has 14 heavy (non-hydrogen) atoms. The van der Waals surface area contributed by atoms with Crippen LogP contribution in [0.4, 0.5) is 8.78 Å². The van der Waals surface area contributed by atoms with Gasteiger partial charge in [-0.25, -0.2) is 8.78 Å². The summed E-state index contributed by atoms with van der Waals surface area (Å²) in [4.78, 5) is 0. The third-order valence-corrected chi connectivity index (χ3v) is 4.09. The predicted molar refractivity (Wildman–Crippen MR) is 53.6 cm³/mol. The summed E-state index contributed by atoms with van der Waals surface area (Å²) in [6, 6.07) is 0. The smallest absolute Gasteiger partial charge is 0.250 e. The van der Waals surface area contributed by atoms with Crippen LogP contribution in [-0.4, -0.2) is 32.6 Å². The molecule has 0 aromatic heterocycles. The maximum atomic E-state index is 12.8. The van der Waals surface area contributed by atoms with Gasteiger partial charge in [0.2, 0.25) is 0 Å². The molecule has 1 aliphatic heterocycles. The van der Waals surface area contributed by atoms with Crippen LogP contribution in [0, 0.1) is 0 Å². The fourth-order valence-corrected chi connectivity index (χ4v) is 2.66. The van der Waals surface area contributed by atoms with E-state index in [1.54, 1.807) is 4.31 Å². The topological polar surface area (TPSA) is 26.3 Å². The van der Waals surface area contributed by atoms with Crippen LogP contribution in [0.15, 0.2) is 0 Å². The first kappa shape index (κ1) is 12.2. The van der Waals surface area contributed by atoms with Crippen molar-refractivity contribution in [3.8, 4) is 0 Å². The molecule has 1 atom stereocenters. The first-order chi connectivity index (χ1) is 6.22. The fourth-order valence-electron chi connectivity index (χ4n) is 1.37. The Morgan fingerprint density at radius 3 is 2.00 bits per heavy atom. The highest BCUT2D eigenvalue weighted by molar-refractivity contribution is 7.90. The molecule has 1 aliphatic rings. The third-order valence-electron chi connectivity index (χ3n) is 2.21. The SMILES string of the molecule is CC(C)(C)[S+]([O-])N1CCC(F)(F)CC1. The minimum atomic E-state index is -2.56. The van der Waals surface area contributed by atoms with Crippen molar-refractivity contribution in [1.29, 1.82) is 0 Å². The highest BCUT2D eigenvalue weighted by atomic mass is 32.2. The van der Waals surface area contributed by atoms with Crippen LogP contribution in [0.1, 0.15) is 33.6 Å². The molecule has 0 amide bonds. The summed E-state index contributed by atoms with van der Waals surface area (Å²) in [5.74, 6) is -2.56. The molecule has 1 unspecified atom stereocenters. The van der Waals surface area contributed by atoms with Gasteiger partial charge in [0, 0.05) is 24.2 Å². The number of piperidine rings is 1. The van der Waals surface area contributed by atoms with Gasteiger partial charge in [-0.1, -0.05) is 0 Å². The first-order valence-electron chi connectivity index (χ1n) is 4.77. The fraction of sp³-hybridized carbons (Fsp3) is 1.00. The summed E-state index contributed by atoms with van der Waals surface area (Å²) in [7, 11) is 0. The Bertz CT molecular complexity index is 195. The molecule has 0 saturated carbocycles. The molecule has 2 nitrogen and oxygen atoms in total. The standard InChI is InChI=1S/C9H17F2NOS/c1-8(2,3)14(13)12-6-4-9(10,11)5-7-12/h4-7H2,1-3H3. The van der Waals surface area contributed by atoms with Gasteiger partial charge in [-0.05, 0) is 20.8 Å². The maximum absolute atomic E-state index is 12.8. The molecule has 0 N–H and O–H groups in total. The number of rotatable bonds is 1. The lowest BCUT2D eigenvalue weighted by Crippen LogP contribution is -2.48. The molecular weight excluding hydrogens is 208 g/mol. The first-order valence-corrected chi connectivity index (χ1v) is 5.88. The molecule has 0 spiro atoms. The second kappa shape index (κ2) is 3.94. The molecule has 0 bridgehead atoms. The summed E-state index contributed by atoms with van der Waals surface area (Å²) in [6.07, 6.45) is -0.344. The zero-order valence-electron chi connectivity index (χ0n) is 8.85. The van der Waals surface area contributed by atoms with Crippen LogP contribution in [0.25, 0.3) is 0 Å². The Hall–Kier alpha value is 0.130. The number of alkyl halides is 2. The summed E-state index contributed by atoms with van der Waals surface area (Å²) in [5, 5.41) is 0. The van der Waals surface area contributed by atoms with Crippen molar-refractivity contribution in [3.05, 3.63) is 0 Å². The zero-order valence-corrected chi connectivity index (χ0v) is 9.66. The van der Waals surface area contributed by atoms with Gasteiger partial charge in [-0.3, -0.25) is 0 Å². The van der Waals surface area contributed by atoms with E-state index in [2.05, 4.69) is 0 Å². The third kappa shape index (κ3) is 3.07. The minimum Gasteiger partial charge on any atom is -0.598 e. The average molecular weight is 225 g/mol. The predicted octanol–water partition coefficient (Wildman–Crippen LogP) is 2.18. The largest absolute Gasteiger partial charge is 0.598 e. The summed E-state index contributed by atoms with van der Waals surface area (Å²) >= 11 is -1.16. The molecule has 0 radical (unpaired) electrons. The summed E-state index contributed by atoms with van der Waals surface area (Å²) in [6.45, 7) is 6.04. The van der Waals surface area contributed by atoms with Gasteiger partial charge in [0.05, 0.1) is 13.1 Å². The van der Waals surface area contributed by atoms with Crippen molar-refractivity contribution in [2.45, 2.75) is 44.3 Å². The zero-order chi connectivity index (χ0) is 11.0. The Kier molecular flexibility index (Phi) is 3.44. The number of halogens is 2. The van der Waals surface area contributed by atoms with Gasteiger partial charge in [0.15, 0.2) is 0 Å². The second-order valence-corrected chi connectivity index (χ2v) is 6.89. The van der Waals surface area contributed by atoms with Gasteiger partial charge in [0.25, 0.3) is 5.92 Å². The van der Waals surface area contributed by atoms with Gasteiger partial charge in [0.1, 0.15) is 4.75 Å². The van der Waals surface area contributed by atoms with E-state index in [9.17, 15) is 13.3 Å². The molecule has 5 heteroatoms. The van der Waals surface area contributed by atoms with Crippen molar-refractivity contribution in [3.63, 3.8) is 0 Å². The van der Waals surface area contributed by atoms with E-state index in [0.29, 0.717) is 0 Å². The quantitative estimate of drug-likeness (QED) is 0.639. The monoisotopic (exact) mass is 225 g/mol. The molecule has 0 aliphatic carbocycles. The molecule has 1 rings (SSSR count). The van der Waals surface area contributed by atoms with Crippen molar-refractivity contribution < 1.29 is 13.3 Å². The highest BCUT2D eigenvalue weighted by Gasteiger charge is 2.41. The molecule has 1 heterocycles. The normalized spacial score (nSPS) is 26.1. The van der Waals surface area contributed by atoms with Crippen LogP contribution in [0.5, 0.6) is 0 Å². The van der Waals surface area contributed by atoms with Gasteiger partial charge in [-0.15, -0.1) is 4.31 Å². The van der Waals surface area contributed by atoms with E-state index in [1.807, 2.05) is 20.8 Å².